The minimum absolute atomic E-state index is 0.130. The minimum atomic E-state index is -0.130. The van der Waals surface area contributed by atoms with Gasteiger partial charge in [0.25, 0.3) is 5.91 Å². The molecule has 5 heteroatoms. The first-order chi connectivity index (χ1) is 8.70. The summed E-state index contributed by atoms with van der Waals surface area (Å²) >= 11 is 7.34. The Labute approximate surface area is 115 Å². The van der Waals surface area contributed by atoms with Crippen molar-refractivity contribution >= 4 is 28.8 Å². The van der Waals surface area contributed by atoms with Gasteiger partial charge in [-0.1, -0.05) is 18.5 Å². The molecular weight excluding hydrogens is 268 g/mol. The number of nitrogens with zero attached hydrogens (tertiary/aromatic N) is 1. The number of carbonyl (C=O) groups excluding carboxylic acids is 1. The van der Waals surface area contributed by atoms with E-state index in [0.717, 1.165) is 6.42 Å². The van der Waals surface area contributed by atoms with Crippen LogP contribution in [0.1, 0.15) is 27.7 Å². The monoisotopic (exact) mass is 280 g/mol. The predicted octanol–water partition coefficient (Wildman–Crippen LogP) is 3.29. The highest BCUT2D eigenvalue weighted by Gasteiger charge is 2.08. The molecule has 1 N–H and O–H groups in total. The molecule has 0 aromatic carbocycles. The Hall–Kier alpha value is -1.39. The number of halogens is 1. The SMILES string of the molecule is CCc1ccsc1CNC(=O)c1ccc(Cl)nc1. The van der Waals surface area contributed by atoms with E-state index in [1.807, 2.05) is 5.38 Å². The fourth-order valence-corrected chi connectivity index (χ4v) is 2.64. The van der Waals surface area contributed by atoms with E-state index in [4.69, 9.17) is 11.6 Å². The molecule has 2 aromatic rings. The number of pyridine rings is 1. The highest BCUT2D eigenvalue weighted by atomic mass is 35.5. The third-order valence-corrected chi connectivity index (χ3v) is 3.80. The zero-order valence-electron chi connectivity index (χ0n) is 9.94. The van der Waals surface area contributed by atoms with E-state index >= 15 is 0 Å². The van der Waals surface area contributed by atoms with E-state index in [0.29, 0.717) is 17.3 Å². The number of hydrogen-bond donors (Lipinski definition) is 1. The largest absolute Gasteiger partial charge is 0.347 e. The molecule has 2 heterocycles. The van der Waals surface area contributed by atoms with E-state index in [1.54, 1.807) is 23.5 Å². The van der Waals surface area contributed by atoms with Crippen molar-refractivity contribution in [1.29, 1.82) is 0 Å². The highest BCUT2D eigenvalue weighted by molar-refractivity contribution is 7.10. The van der Waals surface area contributed by atoms with E-state index < -0.39 is 0 Å². The lowest BCUT2D eigenvalue weighted by molar-refractivity contribution is 0.0951. The van der Waals surface area contributed by atoms with Gasteiger partial charge < -0.3 is 5.32 Å². The molecule has 0 saturated heterocycles. The van der Waals surface area contributed by atoms with Crippen LogP contribution in [0.4, 0.5) is 0 Å². The fraction of sp³-hybridized carbons (Fsp3) is 0.231. The second kappa shape index (κ2) is 5.98. The second-order valence-corrected chi connectivity index (χ2v) is 5.16. The topological polar surface area (TPSA) is 42.0 Å². The van der Waals surface area contributed by atoms with Crippen molar-refractivity contribution in [3.63, 3.8) is 0 Å². The van der Waals surface area contributed by atoms with Crippen LogP contribution in [0.5, 0.6) is 0 Å². The summed E-state index contributed by atoms with van der Waals surface area (Å²) in [7, 11) is 0. The van der Waals surface area contributed by atoms with Gasteiger partial charge in [-0.25, -0.2) is 4.98 Å². The Kier molecular flexibility index (Phi) is 4.33. The first kappa shape index (κ1) is 13.1. The molecule has 0 aliphatic rings. The van der Waals surface area contributed by atoms with Crippen LogP contribution in [0.3, 0.4) is 0 Å². The number of hydrogen-bond acceptors (Lipinski definition) is 3. The van der Waals surface area contributed by atoms with Crippen molar-refractivity contribution in [2.45, 2.75) is 19.9 Å². The first-order valence-corrected chi connectivity index (χ1v) is 6.91. The molecule has 3 nitrogen and oxygen atoms in total. The number of rotatable bonds is 4. The minimum Gasteiger partial charge on any atom is -0.347 e. The Bertz CT molecular complexity index is 536. The van der Waals surface area contributed by atoms with Crippen LogP contribution in [0.15, 0.2) is 29.8 Å². The Morgan fingerprint density at radius 1 is 1.44 bits per heavy atom. The summed E-state index contributed by atoms with van der Waals surface area (Å²) in [5, 5.41) is 5.32. The Morgan fingerprint density at radius 3 is 2.94 bits per heavy atom. The van der Waals surface area contributed by atoms with Crippen LogP contribution in [-0.4, -0.2) is 10.9 Å². The molecule has 2 rings (SSSR count). The number of thiophene rings is 1. The van der Waals surface area contributed by atoms with E-state index in [-0.39, 0.29) is 5.91 Å². The average Bonchev–Trinajstić information content (AvgIpc) is 2.84. The third-order valence-electron chi connectivity index (χ3n) is 2.62. The van der Waals surface area contributed by atoms with Crippen LogP contribution >= 0.6 is 22.9 Å². The molecule has 1 amide bonds. The van der Waals surface area contributed by atoms with Gasteiger partial charge in [0.1, 0.15) is 5.15 Å². The normalized spacial score (nSPS) is 10.3. The van der Waals surface area contributed by atoms with Crippen LogP contribution in [0, 0.1) is 0 Å². The molecule has 0 bridgehead atoms. The van der Waals surface area contributed by atoms with Crippen molar-refractivity contribution < 1.29 is 4.79 Å². The summed E-state index contributed by atoms with van der Waals surface area (Å²) in [5.74, 6) is -0.130. The van der Waals surface area contributed by atoms with Crippen LogP contribution in [0.2, 0.25) is 5.15 Å². The average molecular weight is 281 g/mol. The predicted molar refractivity (Wildman–Crippen MR) is 74.1 cm³/mol. The molecule has 0 spiro atoms. The molecule has 0 saturated carbocycles. The quantitative estimate of drug-likeness (QED) is 0.873. The zero-order valence-corrected chi connectivity index (χ0v) is 11.5. The van der Waals surface area contributed by atoms with Crippen LogP contribution in [-0.2, 0) is 13.0 Å². The lowest BCUT2D eigenvalue weighted by Crippen LogP contribution is -2.22. The lowest BCUT2D eigenvalue weighted by atomic mass is 10.2. The molecule has 0 unspecified atom stereocenters. The van der Waals surface area contributed by atoms with Gasteiger partial charge >= 0.3 is 0 Å². The summed E-state index contributed by atoms with van der Waals surface area (Å²) in [4.78, 5) is 16.9. The highest BCUT2D eigenvalue weighted by Crippen LogP contribution is 2.17. The third kappa shape index (κ3) is 3.09. The van der Waals surface area contributed by atoms with Gasteiger partial charge in [0, 0.05) is 11.1 Å². The van der Waals surface area contributed by atoms with Crippen molar-refractivity contribution in [2.24, 2.45) is 0 Å². The van der Waals surface area contributed by atoms with Gasteiger partial charge in [0.05, 0.1) is 12.1 Å². The summed E-state index contributed by atoms with van der Waals surface area (Å²) in [6.45, 7) is 2.67. The van der Waals surface area contributed by atoms with E-state index in [1.165, 1.54) is 16.6 Å². The van der Waals surface area contributed by atoms with Gasteiger partial charge in [-0.3, -0.25) is 4.79 Å². The maximum absolute atomic E-state index is 11.9. The Balaban J connectivity index is 1.98. The number of aryl methyl sites for hydroxylation is 1. The molecule has 94 valence electrons. The molecule has 0 atom stereocenters. The Morgan fingerprint density at radius 2 is 2.28 bits per heavy atom. The zero-order chi connectivity index (χ0) is 13.0. The van der Waals surface area contributed by atoms with Gasteiger partial charge in [-0.05, 0) is 35.6 Å². The van der Waals surface area contributed by atoms with E-state index in [2.05, 4.69) is 23.3 Å². The van der Waals surface area contributed by atoms with E-state index in [9.17, 15) is 4.79 Å². The summed E-state index contributed by atoms with van der Waals surface area (Å²) in [6, 6.07) is 5.37. The van der Waals surface area contributed by atoms with Crippen molar-refractivity contribution in [3.05, 3.63) is 50.9 Å². The number of aromatic nitrogens is 1. The smallest absolute Gasteiger partial charge is 0.253 e. The maximum Gasteiger partial charge on any atom is 0.253 e. The molecule has 0 aliphatic carbocycles. The van der Waals surface area contributed by atoms with Gasteiger partial charge in [-0.15, -0.1) is 11.3 Å². The summed E-state index contributed by atoms with van der Waals surface area (Å²) in [5.41, 5.74) is 1.81. The molecule has 0 fully saturated rings. The summed E-state index contributed by atoms with van der Waals surface area (Å²) in [6.07, 6.45) is 2.46. The maximum atomic E-state index is 11.9. The standard InChI is InChI=1S/C13H13ClN2OS/c1-2-9-5-6-18-11(9)8-16-13(17)10-3-4-12(14)15-7-10/h3-7H,2,8H2,1H3,(H,16,17). The van der Waals surface area contributed by atoms with Gasteiger partial charge in [0.2, 0.25) is 0 Å². The van der Waals surface area contributed by atoms with Gasteiger partial charge in [0.15, 0.2) is 0 Å². The molecule has 18 heavy (non-hydrogen) atoms. The molecule has 0 radical (unpaired) electrons. The first-order valence-electron chi connectivity index (χ1n) is 5.65. The van der Waals surface area contributed by atoms with Crippen molar-refractivity contribution in [3.8, 4) is 0 Å². The molecule has 2 aromatic heterocycles. The fourth-order valence-electron chi connectivity index (χ4n) is 1.61. The van der Waals surface area contributed by atoms with Crippen LogP contribution < -0.4 is 5.32 Å². The lowest BCUT2D eigenvalue weighted by Gasteiger charge is -2.05. The van der Waals surface area contributed by atoms with Crippen LogP contribution in [0.25, 0.3) is 0 Å². The summed E-state index contributed by atoms with van der Waals surface area (Å²) < 4.78 is 0. The number of amides is 1. The molecule has 0 aliphatic heterocycles. The molecular formula is C13H13ClN2OS. The number of nitrogens with one attached hydrogen (secondary N) is 1. The number of carbonyl (C=O) groups is 1. The van der Waals surface area contributed by atoms with Crippen molar-refractivity contribution in [2.75, 3.05) is 0 Å². The van der Waals surface area contributed by atoms with Crippen molar-refractivity contribution in [1.82, 2.24) is 10.3 Å². The van der Waals surface area contributed by atoms with Gasteiger partial charge in [-0.2, -0.15) is 0 Å². The second-order valence-electron chi connectivity index (χ2n) is 3.77.